The van der Waals surface area contributed by atoms with Gasteiger partial charge in [0.05, 0.1) is 12.8 Å². The van der Waals surface area contributed by atoms with Crippen molar-refractivity contribution in [3.63, 3.8) is 0 Å². The van der Waals surface area contributed by atoms with Gasteiger partial charge in [-0.25, -0.2) is 0 Å². The maximum absolute atomic E-state index is 11.9. The second kappa shape index (κ2) is 10.6. The summed E-state index contributed by atoms with van der Waals surface area (Å²) in [5.41, 5.74) is 6.65. The number of nitrogens with zero attached hydrogens (tertiary/aromatic N) is 1. The summed E-state index contributed by atoms with van der Waals surface area (Å²) in [5.74, 6) is 0.849. The molecule has 1 atom stereocenters. The molecule has 0 aromatic heterocycles. The maximum atomic E-state index is 11.9. The molecule has 1 heterocycles. The van der Waals surface area contributed by atoms with Crippen LogP contribution in [0.25, 0.3) is 0 Å². The Kier molecular flexibility index (Phi) is 10.0. The van der Waals surface area contributed by atoms with Gasteiger partial charge < -0.3 is 20.7 Å². The van der Waals surface area contributed by atoms with Gasteiger partial charge >= 0.3 is 0 Å². The van der Waals surface area contributed by atoms with Crippen molar-refractivity contribution in [1.29, 1.82) is 0 Å². The zero-order chi connectivity index (χ0) is 15.2. The topological polar surface area (TPSA) is 67.6 Å². The Morgan fingerprint density at radius 1 is 1.35 bits per heavy atom. The lowest BCUT2D eigenvalue weighted by molar-refractivity contribution is -0.125. The van der Waals surface area contributed by atoms with Crippen LogP contribution in [0.2, 0.25) is 0 Å². The van der Waals surface area contributed by atoms with Crippen molar-refractivity contribution in [3.8, 4) is 5.75 Å². The van der Waals surface area contributed by atoms with Crippen LogP contribution in [0.1, 0.15) is 19.8 Å². The van der Waals surface area contributed by atoms with E-state index in [4.69, 9.17) is 10.5 Å². The van der Waals surface area contributed by atoms with Crippen molar-refractivity contribution in [2.45, 2.75) is 25.8 Å². The van der Waals surface area contributed by atoms with Crippen molar-refractivity contribution in [2.24, 2.45) is 11.7 Å². The summed E-state index contributed by atoms with van der Waals surface area (Å²) in [4.78, 5) is 14.2. The number of benzene rings is 1. The van der Waals surface area contributed by atoms with Crippen molar-refractivity contribution in [1.82, 2.24) is 5.32 Å². The lowest BCUT2D eigenvalue weighted by atomic mass is 10.0. The normalized spacial score (nSPS) is 15.9. The van der Waals surface area contributed by atoms with Crippen LogP contribution >= 0.6 is 24.8 Å². The third-order valence-electron chi connectivity index (χ3n) is 4.07. The minimum absolute atomic E-state index is 0. The molecule has 5 nitrogen and oxygen atoms in total. The van der Waals surface area contributed by atoms with E-state index in [0.29, 0.717) is 6.54 Å². The molecule has 0 radical (unpaired) electrons. The van der Waals surface area contributed by atoms with E-state index in [1.165, 1.54) is 0 Å². The van der Waals surface area contributed by atoms with Gasteiger partial charge in [0.2, 0.25) is 5.91 Å². The zero-order valence-corrected chi connectivity index (χ0v) is 15.3. The number of carbonyl (C=O) groups excluding carboxylic acids is 1. The zero-order valence-electron chi connectivity index (χ0n) is 13.7. The Morgan fingerprint density at radius 3 is 2.52 bits per heavy atom. The fraction of sp³-hybridized carbons (Fsp3) is 0.562. The molecule has 1 fully saturated rings. The second-order valence-corrected chi connectivity index (χ2v) is 5.58. The third-order valence-corrected chi connectivity index (χ3v) is 4.07. The lowest BCUT2D eigenvalue weighted by Gasteiger charge is -2.35. The van der Waals surface area contributed by atoms with Crippen LogP contribution in [-0.4, -0.2) is 38.7 Å². The van der Waals surface area contributed by atoms with Crippen molar-refractivity contribution in [3.05, 3.63) is 24.3 Å². The van der Waals surface area contributed by atoms with Gasteiger partial charge in [-0.05, 0) is 25.0 Å². The number of nitrogens with two attached hydrogens (primary N) is 1. The van der Waals surface area contributed by atoms with Crippen LogP contribution in [0, 0.1) is 5.92 Å². The van der Waals surface area contributed by atoms with E-state index < -0.39 is 0 Å². The Balaban J connectivity index is 0.00000242. The molecule has 1 unspecified atom stereocenters. The molecular weight excluding hydrogens is 337 g/mol. The SMILES string of the molecule is COc1ccccc1N1CCC(NC(=O)C(C)CN)CC1.Cl.Cl. The highest BCUT2D eigenvalue weighted by Crippen LogP contribution is 2.29. The Hall–Kier alpha value is -1.17. The predicted octanol–water partition coefficient (Wildman–Crippen LogP) is 2.22. The Bertz CT molecular complexity index is 480. The molecule has 1 saturated heterocycles. The van der Waals surface area contributed by atoms with E-state index in [2.05, 4.69) is 16.3 Å². The smallest absolute Gasteiger partial charge is 0.224 e. The number of halogens is 2. The highest BCUT2D eigenvalue weighted by molar-refractivity contribution is 5.85. The number of piperidine rings is 1. The molecule has 0 bridgehead atoms. The lowest BCUT2D eigenvalue weighted by Crippen LogP contribution is -2.47. The molecule has 1 amide bonds. The standard InChI is InChI=1S/C16H25N3O2.2ClH/c1-12(11-17)16(20)18-13-7-9-19(10-8-13)14-5-3-4-6-15(14)21-2;;/h3-6,12-13H,7-11,17H2,1-2H3,(H,18,20);2*1H. The Labute approximate surface area is 150 Å². The first kappa shape index (κ1) is 21.8. The molecule has 1 aliphatic heterocycles. The number of ether oxygens (including phenoxy) is 1. The number of hydrogen-bond donors (Lipinski definition) is 2. The molecule has 1 aliphatic rings. The van der Waals surface area contributed by atoms with Crippen LogP contribution in [-0.2, 0) is 4.79 Å². The van der Waals surface area contributed by atoms with E-state index in [1.807, 2.05) is 25.1 Å². The molecule has 132 valence electrons. The number of carbonyl (C=O) groups is 1. The number of anilines is 1. The molecule has 1 aromatic carbocycles. The van der Waals surface area contributed by atoms with Crippen molar-refractivity contribution < 1.29 is 9.53 Å². The number of amides is 1. The average molecular weight is 364 g/mol. The first-order valence-electron chi connectivity index (χ1n) is 7.54. The molecule has 3 N–H and O–H groups in total. The molecule has 0 spiro atoms. The second-order valence-electron chi connectivity index (χ2n) is 5.58. The highest BCUT2D eigenvalue weighted by Gasteiger charge is 2.23. The van der Waals surface area contributed by atoms with Crippen LogP contribution in [0.5, 0.6) is 5.75 Å². The number of para-hydroxylation sites is 2. The highest BCUT2D eigenvalue weighted by atomic mass is 35.5. The third kappa shape index (κ3) is 5.75. The summed E-state index contributed by atoms with van der Waals surface area (Å²) in [7, 11) is 1.69. The monoisotopic (exact) mass is 363 g/mol. The largest absolute Gasteiger partial charge is 0.495 e. The van der Waals surface area contributed by atoms with E-state index in [1.54, 1.807) is 7.11 Å². The van der Waals surface area contributed by atoms with Gasteiger partial charge in [0.25, 0.3) is 0 Å². The summed E-state index contributed by atoms with van der Waals surface area (Å²) in [6, 6.07) is 8.30. The van der Waals surface area contributed by atoms with Gasteiger partial charge in [-0.1, -0.05) is 19.1 Å². The summed E-state index contributed by atoms with van der Waals surface area (Å²) in [5, 5.41) is 3.09. The van der Waals surface area contributed by atoms with Gasteiger partial charge in [-0.15, -0.1) is 24.8 Å². The van der Waals surface area contributed by atoms with Gasteiger partial charge in [-0.3, -0.25) is 4.79 Å². The molecule has 0 saturated carbocycles. The molecule has 1 aromatic rings. The molecule has 23 heavy (non-hydrogen) atoms. The van der Waals surface area contributed by atoms with E-state index in [9.17, 15) is 4.79 Å². The number of methoxy groups -OCH3 is 1. The molecular formula is C16H27Cl2N3O2. The van der Waals surface area contributed by atoms with Gasteiger partial charge in [0, 0.05) is 31.6 Å². The first-order chi connectivity index (χ1) is 10.2. The number of nitrogens with one attached hydrogen (secondary N) is 1. The molecule has 0 aliphatic carbocycles. The minimum Gasteiger partial charge on any atom is -0.495 e. The van der Waals surface area contributed by atoms with E-state index in [-0.39, 0.29) is 42.7 Å². The van der Waals surface area contributed by atoms with Crippen LogP contribution in [0.3, 0.4) is 0 Å². The van der Waals surface area contributed by atoms with Crippen molar-refractivity contribution >= 4 is 36.4 Å². The average Bonchev–Trinajstić information content (AvgIpc) is 2.54. The van der Waals surface area contributed by atoms with Crippen LogP contribution < -0.4 is 20.7 Å². The van der Waals surface area contributed by atoms with Crippen LogP contribution in [0.15, 0.2) is 24.3 Å². The van der Waals surface area contributed by atoms with Gasteiger partial charge in [0.15, 0.2) is 0 Å². The fourth-order valence-electron chi connectivity index (χ4n) is 2.61. The number of hydrogen-bond acceptors (Lipinski definition) is 4. The van der Waals surface area contributed by atoms with Crippen LogP contribution in [0.4, 0.5) is 5.69 Å². The van der Waals surface area contributed by atoms with E-state index in [0.717, 1.165) is 37.4 Å². The first-order valence-corrected chi connectivity index (χ1v) is 7.54. The molecule has 2 rings (SSSR count). The summed E-state index contributed by atoms with van der Waals surface area (Å²) in [6.07, 6.45) is 1.89. The summed E-state index contributed by atoms with van der Waals surface area (Å²) >= 11 is 0. The van der Waals surface area contributed by atoms with Crippen molar-refractivity contribution in [2.75, 3.05) is 31.6 Å². The van der Waals surface area contributed by atoms with Gasteiger partial charge in [0.1, 0.15) is 5.75 Å². The van der Waals surface area contributed by atoms with E-state index >= 15 is 0 Å². The quantitative estimate of drug-likeness (QED) is 0.841. The Morgan fingerprint density at radius 2 is 1.96 bits per heavy atom. The maximum Gasteiger partial charge on any atom is 0.224 e. The minimum atomic E-state index is -0.114. The molecule has 7 heteroatoms. The predicted molar refractivity (Wildman–Crippen MR) is 99.1 cm³/mol. The summed E-state index contributed by atoms with van der Waals surface area (Å²) in [6.45, 7) is 4.09. The fourth-order valence-corrected chi connectivity index (χ4v) is 2.61. The number of rotatable bonds is 5. The van der Waals surface area contributed by atoms with Gasteiger partial charge in [-0.2, -0.15) is 0 Å². The summed E-state index contributed by atoms with van der Waals surface area (Å²) < 4.78 is 5.41.